The maximum Gasteiger partial charge on any atom is 0.305 e. The molecule has 0 aliphatic carbocycles. The number of carbonyl (C=O) groups excluding carboxylic acids is 1. The lowest BCUT2D eigenvalue weighted by molar-refractivity contribution is -0.137. The Bertz CT molecular complexity index is 693. The average molecular weight is 318 g/mol. The highest BCUT2D eigenvalue weighted by Crippen LogP contribution is 2.23. The van der Waals surface area contributed by atoms with Gasteiger partial charge in [-0.05, 0) is 13.0 Å². The molecule has 0 aliphatic heterocycles. The van der Waals surface area contributed by atoms with Gasteiger partial charge in [-0.3, -0.25) is 9.59 Å². The van der Waals surface area contributed by atoms with E-state index in [1.807, 2.05) is 42.0 Å². The van der Waals surface area contributed by atoms with Gasteiger partial charge >= 0.3 is 5.97 Å². The highest BCUT2D eigenvalue weighted by molar-refractivity contribution is 6.07. The van der Waals surface area contributed by atoms with Gasteiger partial charge in [0, 0.05) is 43.8 Å². The van der Waals surface area contributed by atoms with E-state index in [0.29, 0.717) is 25.3 Å². The number of rotatable bonds is 8. The number of aliphatic carboxylic acids is 1. The Morgan fingerprint density at radius 1 is 1.30 bits per heavy atom. The highest BCUT2D eigenvalue weighted by Gasteiger charge is 2.20. The van der Waals surface area contributed by atoms with Crippen molar-refractivity contribution in [1.29, 1.82) is 0 Å². The van der Waals surface area contributed by atoms with Crippen LogP contribution in [0.15, 0.2) is 30.5 Å². The lowest BCUT2D eigenvalue weighted by Crippen LogP contribution is -2.32. The average Bonchev–Trinajstić information content (AvgIpc) is 2.92. The number of methoxy groups -OCH3 is 1. The number of carboxylic acids is 1. The zero-order valence-electron chi connectivity index (χ0n) is 13.5. The van der Waals surface area contributed by atoms with Crippen LogP contribution in [0.4, 0.5) is 0 Å². The maximum atomic E-state index is 12.8. The van der Waals surface area contributed by atoms with Crippen LogP contribution in [0.5, 0.6) is 0 Å². The summed E-state index contributed by atoms with van der Waals surface area (Å²) in [5.74, 6) is -1.04. The number of hydrogen-bond donors (Lipinski definition) is 1. The van der Waals surface area contributed by atoms with Gasteiger partial charge in [0.15, 0.2) is 0 Å². The van der Waals surface area contributed by atoms with Crippen LogP contribution in [-0.4, -0.2) is 53.3 Å². The first-order valence-corrected chi connectivity index (χ1v) is 7.66. The van der Waals surface area contributed by atoms with E-state index >= 15 is 0 Å². The van der Waals surface area contributed by atoms with E-state index in [2.05, 4.69) is 0 Å². The monoisotopic (exact) mass is 318 g/mol. The Labute approximate surface area is 135 Å². The molecule has 0 bridgehead atoms. The molecule has 6 nitrogen and oxygen atoms in total. The predicted molar refractivity (Wildman–Crippen MR) is 87.6 cm³/mol. The Hall–Kier alpha value is -2.34. The second kappa shape index (κ2) is 7.78. The minimum atomic E-state index is -0.904. The number of carboxylic acid groups (broad SMARTS) is 1. The van der Waals surface area contributed by atoms with Gasteiger partial charge in [0.25, 0.3) is 5.91 Å². The predicted octanol–water partition coefficient (Wildman–Crippen LogP) is 2.22. The summed E-state index contributed by atoms with van der Waals surface area (Å²) in [5.41, 5.74) is 1.58. The van der Waals surface area contributed by atoms with Crippen molar-refractivity contribution < 1.29 is 19.4 Å². The maximum absolute atomic E-state index is 12.8. The fraction of sp³-hybridized carbons (Fsp3) is 0.412. The molecule has 23 heavy (non-hydrogen) atoms. The normalized spacial score (nSPS) is 10.9. The van der Waals surface area contributed by atoms with Crippen LogP contribution in [0, 0.1) is 0 Å². The molecule has 1 N–H and O–H groups in total. The number of hydrogen-bond acceptors (Lipinski definition) is 3. The number of aromatic nitrogens is 1. The van der Waals surface area contributed by atoms with Gasteiger partial charge in [0.05, 0.1) is 18.6 Å². The largest absolute Gasteiger partial charge is 0.481 e. The molecule has 2 aromatic rings. The van der Waals surface area contributed by atoms with Crippen molar-refractivity contribution >= 4 is 22.8 Å². The summed E-state index contributed by atoms with van der Waals surface area (Å²) in [6.07, 6.45) is 1.78. The number of amides is 1. The molecule has 0 spiro atoms. The van der Waals surface area contributed by atoms with E-state index in [1.54, 1.807) is 12.0 Å². The molecule has 0 saturated heterocycles. The highest BCUT2D eigenvalue weighted by atomic mass is 16.5. The Balaban J connectivity index is 2.33. The van der Waals surface area contributed by atoms with Crippen LogP contribution in [0.1, 0.15) is 23.7 Å². The molecule has 1 aromatic heterocycles. The van der Waals surface area contributed by atoms with E-state index in [1.165, 1.54) is 0 Å². The molecule has 124 valence electrons. The van der Waals surface area contributed by atoms with Gasteiger partial charge in [0.2, 0.25) is 0 Å². The van der Waals surface area contributed by atoms with Crippen molar-refractivity contribution in [2.75, 3.05) is 26.8 Å². The summed E-state index contributed by atoms with van der Waals surface area (Å²) in [7, 11) is 1.64. The third-order valence-electron chi connectivity index (χ3n) is 3.82. The fourth-order valence-electron chi connectivity index (χ4n) is 2.60. The molecule has 1 aromatic carbocycles. The molecule has 6 heteroatoms. The first kappa shape index (κ1) is 17.0. The molecule has 2 rings (SSSR count). The number of fused-ring (bicyclic) bond motifs is 1. The standard InChI is InChI=1S/C17H22N2O4/c1-3-18(9-8-16(20)21)17(22)14-12-19(10-11-23-2)15-7-5-4-6-13(14)15/h4-7,12H,3,8-11H2,1-2H3,(H,20,21). The van der Waals surface area contributed by atoms with Crippen LogP contribution in [-0.2, 0) is 16.1 Å². The van der Waals surface area contributed by atoms with Crippen molar-refractivity contribution in [3.8, 4) is 0 Å². The van der Waals surface area contributed by atoms with E-state index in [4.69, 9.17) is 9.84 Å². The second-order valence-corrected chi connectivity index (χ2v) is 5.27. The summed E-state index contributed by atoms with van der Waals surface area (Å²) < 4.78 is 7.11. The van der Waals surface area contributed by atoms with Gasteiger partial charge in [-0.2, -0.15) is 0 Å². The molecular formula is C17H22N2O4. The smallest absolute Gasteiger partial charge is 0.305 e. The number of nitrogens with zero attached hydrogens (tertiary/aromatic N) is 2. The first-order chi connectivity index (χ1) is 11.1. The van der Waals surface area contributed by atoms with E-state index in [-0.39, 0.29) is 18.9 Å². The second-order valence-electron chi connectivity index (χ2n) is 5.27. The number of benzene rings is 1. The van der Waals surface area contributed by atoms with Gasteiger partial charge in [-0.25, -0.2) is 0 Å². The van der Waals surface area contributed by atoms with Crippen molar-refractivity contribution in [2.24, 2.45) is 0 Å². The number of para-hydroxylation sites is 1. The first-order valence-electron chi connectivity index (χ1n) is 7.66. The molecule has 0 aliphatic rings. The van der Waals surface area contributed by atoms with E-state index in [9.17, 15) is 9.59 Å². The molecule has 0 saturated carbocycles. The van der Waals surface area contributed by atoms with Crippen molar-refractivity contribution in [3.05, 3.63) is 36.0 Å². The third-order valence-corrected chi connectivity index (χ3v) is 3.82. The van der Waals surface area contributed by atoms with Crippen molar-refractivity contribution in [1.82, 2.24) is 9.47 Å². The lowest BCUT2D eigenvalue weighted by Gasteiger charge is -2.19. The summed E-state index contributed by atoms with van der Waals surface area (Å²) >= 11 is 0. The zero-order valence-corrected chi connectivity index (χ0v) is 13.5. The zero-order chi connectivity index (χ0) is 16.8. The Kier molecular flexibility index (Phi) is 5.76. The van der Waals surface area contributed by atoms with Crippen LogP contribution in [0.2, 0.25) is 0 Å². The van der Waals surface area contributed by atoms with Gasteiger partial charge in [0.1, 0.15) is 0 Å². The van der Waals surface area contributed by atoms with Gasteiger partial charge in [-0.1, -0.05) is 18.2 Å². The van der Waals surface area contributed by atoms with Gasteiger partial charge in [-0.15, -0.1) is 0 Å². The Morgan fingerprint density at radius 2 is 2.04 bits per heavy atom. The van der Waals surface area contributed by atoms with E-state index < -0.39 is 5.97 Å². The fourth-order valence-corrected chi connectivity index (χ4v) is 2.60. The van der Waals surface area contributed by atoms with E-state index in [0.717, 1.165) is 10.9 Å². The summed E-state index contributed by atoms with van der Waals surface area (Å²) in [6, 6.07) is 7.71. The van der Waals surface area contributed by atoms with Crippen molar-refractivity contribution in [2.45, 2.75) is 19.9 Å². The molecular weight excluding hydrogens is 296 g/mol. The molecule has 0 unspecified atom stereocenters. The van der Waals surface area contributed by atoms with Crippen LogP contribution < -0.4 is 0 Å². The topological polar surface area (TPSA) is 71.8 Å². The van der Waals surface area contributed by atoms with Crippen LogP contribution in [0.25, 0.3) is 10.9 Å². The minimum absolute atomic E-state index is 0.0537. The quantitative estimate of drug-likeness (QED) is 0.810. The third kappa shape index (κ3) is 3.90. The molecule has 0 atom stereocenters. The van der Waals surface area contributed by atoms with Crippen molar-refractivity contribution in [3.63, 3.8) is 0 Å². The number of carbonyl (C=O) groups is 2. The Morgan fingerprint density at radius 3 is 2.70 bits per heavy atom. The van der Waals surface area contributed by atoms with Crippen LogP contribution in [0.3, 0.4) is 0 Å². The summed E-state index contributed by atoms with van der Waals surface area (Å²) in [6.45, 7) is 3.75. The van der Waals surface area contributed by atoms with Gasteiger partial charge < -0.3 is 19.3 Å². The SMILES string of the molecule is CCN(CCC(=O)O)C(=O)c1cn(CCOC)c2ccccc12. The molecule has 0 fully saturated rings. The molecule has 1 amide bonds. The molecule has 1 heterocycles. The lowest BCUT2D eigenvalue weighted by atomic mass is 10.1. The minimum Gasteiger partial charge on any atom is -0.481 e. The summed E-state index contributed by atoms with van der Waals surface area (Å²) in [5, 5.41) is 9.70. The summed E-state index contributed by atoms with van der Waals surface area (Å²) in [4.78, 5) is 25.1. The number of ether oxygens (including phenoxy) is 1. The molecule has 0 radical (unpaired) electrons. The van der Waals surface area contributed by atoms with Crippen LogP contribution >= 0.6 is 0 Å².